The van der Waals surface area contributed by atoms with E-state index < -0.39 is 86.8 Å². The van der Waals surface area contributed by atoms with Gasteiger partial charge >= 0.3 is 0 Å². The summed E-state index contributed by atoms with van der Waals surface area (Å²) in [6.45, 7) is 2.65. The molecule has 9 N–H and O–H groups in total. The first kappa shape index (κ1) is 73.8. The first-order valence-corrected chi connectivity index (χ1v) is 31.6. The molecule has 2 saturated heterocycles. The Labute approximate surface area is 489 Å². The fourth-order valence-corrected chi connectivity index (χ4v) is 9.62. The van der Waals surface area contributed by atoms with Gasteiger partial charge in [0, 0.05) is 6.42 Å². The van der Waals surface area contributed by atoms with Crippen LogP contribution in [-0.4, -0.2) is 140 Å². The zero-order valence-electron chi connectivity index (χ0n) is 50.0. The number of nitrogens with one attached hydrogen (secondary N) is 1. The van der Waals surface area contributed by atoms with Crippen molar-refractivity contribution in [2.45, 2.75) is 286 Å². The Kier molecular flexibility index (Phi) is 46.5. The van der Waals surface area contributed by atoms with Crippen LogP contribution < -0.4 is 5.32 Å². The van der Waals surface area contributed by atoms with E-state index in [1.54, 1.807) is 6.08 Å². The number of aliphatic hydroxyl groups excluding tert-OH is 8. The minimum atomic E-state index is -1.80. The first-order chi connectivity index (χ1) is 39.6. The molecule has 464 valence electrons. The van der Waals surface area contributed by atoms with Gasteiger partial charge in [-0.25, -0.2) is 0 Å². The van der Waals surface area contributed by atoms with E-state index in [4.69, 9.17) is 18.9 Å². The smallest absolute Gasteiger partial charge is 0.220 e. The third-order valence-electron chi connectivity index (χ3n) is 14.7. The van der Waals surface area contributed by atoms with Crippen molar-refractivity contribution >= 4 is 5.91 Å². The molecule has 2 fully saturated rings. The maximum Gasteiger partial charge on any atom is 0.220 e. The quantitative estimate of drug-likeness (QED) is 0.0204. The third kappa shape index (κ3) is 36.2. The second-order valence-corrected chi connectivity index (χ2v) is 21.8. The average Bonchev–Trinajstić information content (AvgIpc) is 3.62. The van der Waals surface area contributed by atoms with Gasteiger partial charge in [0.1, 0.15) is 48.8 Å². The number of carbonyl (C=O) groups is 1. The molecule has 2 heterocycles. The molecule has 0 aliphatic carbocycles. The van der Waals surface area contributed by atoms with Crippen LogP contribution in [0.25, 0.3) is 0 Å². The normalized spacial score (nSPS) is 24.9. The molecule has 14 nitrogen and oxygen atoms in total. The van der Waals surface area contributed by atoms with Gasteiger partial charge in [-0.15, -0.1) is 0 Å². The minimum absolute atomic E-state index is 0.253. The van der Waals surface area contributed by atoms with Gasteiger partial charge in [0.25, 0.3) is 0 Å². The van der Waals surface area contributed by atoms with Gasteiger partial charge in [-0.05, 0) is 96.3 Å². The summed E-state index contributed by atoms with van der Waals surface area (Å²) in [5, 5.41) is 87.2. The van der Waals surface area contributed by atoms with Gasteiger partial charge in [0.05, 0.1) is 32.0 Å². The SMILES string of the molecule is CC/C=C\C/C=C\C/C=C\C/C=C\C/C=C\C/C=C\CCCCCCCCCCC(=O)NC(COC1OC(CO)C(OC2OC(CO)C(O)C(O)C2O)C(O)C1O)C(O)/C=C/CC/C=C/CC/C=C/CCCCCCCCCCCC. The Morgan fingerprint density at radius 3 is 1.36 bits per heavy atom. The predicted molar refractivity (Wildman–Crippen MR) is 327 cm³/mol. The third-order valence-corrected chi connectivity index (χ3v) is 14.7. The van der Waals surface area contributed by atoms with E-state index in [9.17, 15) is 45.6 Å². The molecule has 12 atom stereocenters. The van der Waals surface area contributed by atoms with Crippen LogP contribution >= 0.6 is 0 Å². The number of hydrogen-bond acceptors (Lipinski definition) is 13. The summed E-state index contributed by atoms with van der Waals surface area (Å²) in [6.07, 6.45) is 55.5. The van der Waals surface area contributed by atoms with E-state index in [2.05, 4.69) is 116 Å². The monoisotopic (exact) mass is 1140 g/mol. The van der Waals surface area contributed by atoms with E-state index in [-0.39, 0.29) is 18.9 Å². The standard InChI is InChI=1S/C67H113NO13/c1-3-5-7-9-11-13-15-17-19-21-23-25-26-27-28-29-30-31-33-35-37-39-41-43-45-47-49-51-59(72)68-55(56(71)50-48-46-44-42-40-38-36-34-32-24-22-20-18-16-14-12-10-8-6-4-2)54-78-66-64(77)62(75)65(58(53-70)80-66)81-67-63(76)61(74)60(73)57(52-69)79-67/h5,7,11,13,17,19,23,25,27-28,30-32,34,40,42,48,50,55-58,60-67,69-71,73-77H,3-4,6,8-10,12,14-16,18,20-22,24,26,29,33,35-39,41,43-47,49,51-54H2,1-2H3,(H,68,72)/b7-5-,13-11-,19-17-,25-23-,28-27-,31-30-,34-32+,42-40+,50-48+. The highest BCUT2D eigenvalue weighted by molar-refractivity contribution is 5.76. The number of rotatable bonds is 49. The van der Waals surface area contributed by atoms with Crippen LogP contribution in [0, 0.1) is 0 Å². The second-order valence-electron chi connectivity index (χ2n) is 21.8. The predicted octanol–water partition coefficient (Wildman–Crippen LogP) is 11.6. The van der Waals surface area contributed by atoms with Crippen molar-refractivity contribution in [1.29, 1.82) is 0 Å². The maximum atomic E-state index is 13.3. The molecule has 1 amide bonds. The van der Waals surface area contributed by atoms with Crippen molar-refractivity contribution in [3.05, 3.63) is 109 Å². The van der Waals surface area contributed by atoms with E-state index >= 15 is 0 Å². The van der Waals surface area contributed by atoms with Crippen LogP contribution in [0.15, 0.2) is 109 Å². The Morgan fingerprint density at radius 2 is 0.864 bits per heavy atom. The molecule has 2 aliphatic heterocycles. The van der Waals surface area contributed by atoms with Crippen molar-refractivity contribution < 1.29 is 64.6 Å². The van der Waals surface area contributed by atoms with Crippen LogP contribution in [0.4, 0.5) is 0 Å². The largest absolute Gasteiger partial charge is 0.394 e. The molecule has 0 bridgehead atoms. The van der Waals surface area contributed by atoms with E-state index in [0.717, 1.165) is 96.3 Å². The summed E-state index contributed by atoms with van der Waals surface area (Å²) in [7, 11) is 0. The zero-order chi connectivity index (χ0) is 58.8. The van der Waals surface area contributed by atoms with Crippen molar-refractivity contribution in [3.8, 4) is 0 Å². The van der Waals surface area contributed by atoms with Crippen LogP contribution in [0.2, 0.25) is 0 Å². The molecule has 12 unspecified atom stereocenters. The fraction of sp³-hybridized carbons (Fsp3) is 0.716. The molecule has 2 aliphatic rings. The Morgan fingerprint density at radius 1 is 0.457 bits per heavy atom. The summed E-state index contributed by atoms with van der Waals surface area (Å²) in [4.78, 5) is 13.3. The lowest BCUT2D eigenvalue weighted by Gasteiger charge is -2.46. The highest BCUT2D eigenvalue weighted by atomic mass is 16.7. The summed E-state index contributed by atoms with van der Waals surface area (Å²) < 4.78 is 22.8. The minimum Gasteiger partial charge on any atom is -0.394 e. The average molecular weight is 1140 g/mol. The zero-order valence-corrected chi connectivity index (χ0v) is 50.0. The Balaban J connectivity index is 1.77. The molecule has 0 spiro atoms. The van der Waals surface area contributed by atoms with Crippen LogP contribution in [0.3, 0.4) is 0 Å². The number of hydrogen-bond donors (Lipinski definition) is 9. The van der Waals surface area contributed by atoms with Gasteiger partial charge in [-0.1, -0.05) is 220 Å². The highest BCUT2D eigenvalue weighted by Crippen LogP contribution is 2.30. The van der Waals surface area contributed by atoms with Crippen LogP contribution in [0.5, 0.6) is 0 Å². The molecule has 2 rings (SSSR count). The van der Waals surface area contributed by atoms with Gasteiger partial charge in [0.2, 0.25) is 5.91 Å². The van der Waals surface area contributed by atoms with Crippen molar-refractivity contribution in [1.82, 2.24) is 5.32 Å². The topological polar surface area (TPSA) is 228 Å². The van der Waals surface area contributed by atoms with Gasteiger partial charge in [0.15, 0.2) is 12.6 Å². The fourth-order valence-electron chi connectivity index (χ4n) is 9.62. The van der Waals surface area contributed by atoms with Crippen molar-refractivity contribution in [2.24, 2.45) is 0 Å². The number of ether oxygens (including phenoxy) is 4. The van der Waals surface area contributed by atoms with E-state index in [1.165, 1.54) is 83.5 Å². The molecular formula is C67H113NO13. The van der Waals surface area contributed by atoms with Crippen molar-refractivity contribution in [3.63, 3.8) is 0 Å². The summed E-state index contributed by atoms with van der Waals surface area (Å²) in [6, 6.07) is -0.951. The van der Waals surface area contributed by atoms with Crippen LogP contribution in [-0.2, 0) is 23.7 Å². The second kappa shape index (κ2) is 51.1. The molecule has 0 aromatic carbocycles. The van der Waals surface area contributed by atoms with E-state index in [0.29, 0.717) is 12.8 Å². The van der Waals surface area contributed by atoms with E-state index in [1.807, 2.05) is 6.08 Å². The molecular weight excluding hydrogens is 1030 g/mol. The Hall–Kier alpha value is -3.35. The lowest BCUT2D eigenvalue weighted by Crippen LogP contribution is -2.65. The number of allylic oxidation sites excluding steroid dienone is 17. The highest BCUT2D eigenvalue weighted by Gasteiger charge is 2.51. The number of aliphatic hydroxyl groups is 8. The number of amides is 1. The lowest BCUT2D eigenvalue weighted by atomic mass is 9.97. The molecule has 14 heteroatoms. The Bertz CT molecular complexity index is 1770. The molecule has 0 saturated carbocycles. The van der Waals surface area contributed by atoms with Gasteiger partial charge < -0.3 is 65.1 Å². The van der Waals surface area contributed by atoms with Gasteiger partial charge in [-0.3, -0.25) is 4.79 Å². The van der Waals surface area contributed by atoms with Crippen LogP contribution in [0.1, 0.15) is 213 Å². The lowest BCUT2D eigenvalue weighted by molar-refractivity contribution is -0.359. The van der Waals surface area contributed by atoms with Gasteiger partial charge in [-0.2, -0.15) is 0 Å². The summed E-state index contributed by atoms with van der Waals surface area (Å²) >= 11 is 0. The summed E-state index contributed by atoms with van der Waals surface area (Å²) in [5.41, 5.74) is 0. The molecule has 81 heavy (non-hydrogen) atoms. The van der Waals surface area contributed by atoms with Crippen molar-refractivity contribution in [2.75, 3.05) is 19.8 Å². The molecule has 0 radical (unpaired) electrons. The number of carbonyl (C=O) groups excluding carboxylic acids is 1. The first-order valence-electron chi connectivity index (χ1n) is 31.6. The summed E-state index contributed by atoms with van der Waals surface area (Å²) in [5.74, 6) is -0.266. The molecule has 0 aromatic rings. The maximum absolute atomic E-state index is 13.3. The molecule has 0 aromatic heterocycles. The number of unbranched alkanes of at least 4 members (excludes halogenated alkanes) is 20.